The van der Waals surface area contributed by atoms with Crippen LogP contribution in [0.1, 0.15) is 5.56 Å². The second kappa shape index (κ2) is 3.83. The SMILES string of the molecule is NC(=O)N/N=C\c1c[nH]c2ccccc12. The van der Waals surface area contributed by atoms with Crippen molar-refractivity contribution in [1.29, 1.82) is 0 Å². The number of H-pyrrole nitrogens is 1. The molecule has 76 valence electrons. The van der Waals surface area contributed by atoms with Gasteiger partial charge in [0, 0.05) is 22.7 Å². The van der Waals surface area contributed by atoms with Crippen LogP contribution in [0.3, 0.4) is 0 Å². The Morgan fingerprint density at radius 2 is 2.27 bits per heavy atom. The van der Waals surface area contributed by atoms with E-state index in [1.165, 1.54) is 0 Å². The van der Waals surface area contributed by atoms with Crippen LogP contribution in [0, 0.1) is 0 Å². The smallest absolute Gasteiger partial charge is 0.332 e. The van der Waals surface area contributed by atoms with Crippen LogP contribution in [0.4, 0.5) is 4.79 Å². The highest BCUT2D eigenvalue weighted by Crippen LogP contribution is 2.15. The van der Waals surface area contributed by atoms with Crippen molar-refractivity contribution in [1.82, 2.24) is 10.4 Å². The molecule has 0 aliphatic heterocycles. The van der Waals surface area contributed by atoms with Gasteiger partial charge in [0.2, 0.25) is 0 Å². The second-order valence-electron chi connectivity index (χ2n) is 3.02. The molecule has 0 saturated heterocycles. The summed E-state index contributed by atoms with van der Waals surface area (Å²) >= 11 is 0. The number of carbonyl (C=O) groups excluding carboxylic acids is 1. The fraction of sp³-hybridized carbons (Fsp3) is 0. The van der Waals surface area contributed by atoms with Crippen molar-refractivity contribution in [2.75, 3.05) is 0 Å². The predicted molar refractivity (Wildman–Crippen MR) is 58.6 cm³/mol. The lowest BCUT2D eigenvalue weighted by Crippen LogP contribution is -2.24. The Kier molecular flexibility index (Phi) is 2.37. The van der Waals surface area contributed by atoms with Gasteiger partial charge >= 0.3 is 6.03 Å². The lowest BCUT2D eigenvalue weighted by Gasteiger charge is -1.91. The molecule has 0 aliphatic carbocycles. The number of fused-ring (bicyclic) bond motifs is 1. The van der Waals surface area contributed by atoms with Crippen molar-refractivity contribution in [3.63, 3.8) is 0 Å². The van der Waals surface area contributed by atoms with Gasteiger partial charge in [-0.05, 0) is 6.07 Å². The van der Waals surface area contributed by atoms with E-state index < -0.39 is 6.03 Å². The van der Waals surface area contributed by atoms with Gasteiger partial charge in [-0.25, -0.2) is 10.2 Å². The molecule has 0 spiro atoms. The van der Waals surface area contributed by atoms with Crippen LogP contribution in [0.15, 0.2) is 35.6 Å². The summed E-state index contributed by atoms with van der Waals surface area (Å²) in [6.07, 6.45) is 3.36. The number of para-hydroxylation sites is 1. The molecular formula is C10H10N4O. The molecule has 5 heteroatoms. The number of benzene rings is 1. The molecule has 2 aromatic rings. The maximum Gasteiger partial charge on any atom is 0.332 e. The minimum atomic E-state index is -0.675. The third-order valence-corrected chi connectivity index (χ3v) is 2.00. The Bertz CT molecular complexity index is 515. The molecule has 0 unspecified atom stereocenters. The number of hydrogen-bond acceptors (Lipinski definition) is 2. The highest BCUT2D eigenvalue weighted by atomic mass is 16.2. The van der Waals surface area contributed by atoms with Crippen LogP contribution in [-0.4, -0.2) is 17.2 Å². The minimum Gasteiger partial charge on any atom is -0.361 e. The van der Waals surface area contributed by atoms with Crippen LogP contribution >= 0.6 is 0 Å². The summed E-state index contributed by atoms with van der Waals surface area (Å²) in [5, 5.41) is 4.74. The molecule has 0 aliphatic rings. The second-order valence-corrected chi connectivity index (χ2v) is 3.02. The molecular weight excluding hydrogens is 192 g/mol. The molecule has 1 heterocycles. The Morgan fingerprint density at radius 1 is 1.47 bits per heavy atom. The number of nitrogens with zero attached hydrogens (tertiary/aromatic N) is 1. The molecule has 0 fully saturated rings. The van der Waals surface area contributed by atoms with E-state index in [4.69, 9.17) is 5.73 Å². The third kappa shape index (κ3) is 1.96. The fourth-order valence-corrected chi connectivity index (χ4v) is 1.37. The minimum absolute atomic E-state index is 0.675. The Labute approximate surface area is 86.0 Å². The van der Waals surface area contributed by atoms with E-state index in [-0.39, 0.29) is 0 Å². The van der Waals surface area contributed by atoms with Crippen LogP contribution in [-0.2, 0) is 0 Å². The highest BCUT2D eigenvalue weighted by molar-refractivity contribution is 5.99. The van der Waals surface area contributed by atoms with Gasteiger partial charge in [0.15, 0.2) is 0 Å². The van der Waals surface area contributed by atoms with Gasteiger partial charge < -0.3 is 10.7 Å². The molecule has 15 heavy (non-hydrogen) atoms. The number of carbonyl (C=O) groups is 1. The van der Waals surface area contributed by atoms with Gasteiger partial charge in [0.05, 0.1) is 6.21 Å². The lowest BCUT2D eigenvalue weighted by atomic mass is 10.2. The van der Waals surface area contributed by atoms with Gasteiger partial charge in [-0.15, -0.1) is 0 Å². The zero-order valence-corrected chi connectivity index (χ0v) is 7.90. The molecule has 2 rings (SSSR count). The summed E-state index contributed by atoms with van der Waals surface area (Å²) in [5.41, 5.74) is 8.94. The van der Waals surface area contributed by atoms with E-state index in [2.05, 4.69) is 15.5 Å². The monoisotopic (exact) mass is 202 g/mol. The number of nitrogens with one attached hydrogen (secondary N) is 2. The molecule has 5 nitrogen and oxygen atoms in total. The van der Waals surface area contributed by atoms with E-state index in [0.717, 1.165) is 16.5 Å². The average Bonchev–Trinajstić information content (AvgIpc) is 2.62. The molecule has 0 bridgehead atoms. The summed E-state index contributed by atoms with van der Waals surface area (Å²) in [6.45, 7) is 0. The fourth-order valence-electron chi connectivity index (χ4n) is 1.37. The number of nitrogens with two attached hydrogens (primary N) is 1. The van der Waals surface area contributed by atoms with Crippen molar-refractivity contribution in [2.45, 2.75) is 0 Å². The third-order valence-electron chi connectivity index (χ3n) is 2.00. The van der Waals surface area contributed by atoms with Gasteiger partial charge in [-0.3, -0.25) is 0 Å². The number of rotatable bonds is 2. The summed E-state index contributed by atoms with van der Waals surface area (Å²) in [4.78, 5) is 13.5. The standard InChI is InChI=1S/C10H10N4O/c11-10(15)14-13-6-7-5-12-9-4-2-1-3-8(7)9/h1-6,12H,(H3,11,14,15)/b13-6-. The maximum absolute atomic E-state index is 10.4. The van der Waals surface area contributed by atoms with Gasteiger partial charge in [-0.2, -0.15) is 5.10 Å². The average molecular weight is 202 g/mol. The van der Waals surface area contributed by atoms with E-state index in [1.54, 1.807) is 6.21 Å². The summed E-state index contributed by atoms with van der Waals surface area (Å²) in [6, 6.07) is 7.15. The zero-order chi connectivity index (χ0) is 10.7. The summed E-state index contributed by atoms with van der Waals surface area (Å²) in [7, 11) is 0. The number of hydrogen-bond donors (Lipinski definition) is 3. The zero-order valence-electron chi connectivity index (χ0n) is 7.90. The molecule has 1 aromatic carbocycles. The molecule has 2 amide bonds. The van der Waals surface area contributed by atoms with Crippen LogP contribution in [0.5, 0.6) is 0 Å². The van der Waals surface area contributed by atoms with Crippen LogP contribution < -0.4 is 11.2 Å². The van der Waals surface area contributed by atoms with Crippen LogP contribution in [0.2, 0.25) is 0 Å². The van der Waals surface area contributed by atoms with Crippen molar-refractivity contribution < 1.29 is 4.79 Å². The van der Waals surface area contributed by atoms with Crippen molar-refractivity contribution in [2.24, 2.45) is 10.8 Å². The summed E-state index contributed by atoms with van der Waals surface area (Å²) < 4.78 is 0. The first-order valence-electron chi connectivity index (χ1n) is 4.42. The van der Waals surface area contributed by atoms with E-state index in [0.29, 0.717) is 0 Å². The molecule has 0 radical (unpaired) electrons. The normalized spacial score (nSPS) is 10.9. The number of primary amides is 1. The van der Waals surface area contributed by atoms with Gasteiger partial charge in [0.1, 0.15) is 0 Å². The lowest BCUT2D eigenvalue weighted by molar-refractivity contribution is 0.249. The van der Waals surface area contributed by atoms with Crippen LogP contribution in [0.25, 0.3) is 10.9 Å². The first-order chi connectivity index (χ1) is 7.27. The number of urea groups is 1. The Balaban J connectivity index is 2.28. The molecule has 1 aromatic heterocycles. The highest BCUT2D eigenvalue weighted by Gasteiger charge is 1.99. The maximum atomic E-state index is 10.4. The number of aromatic nitrogens is 1. The van der Waals surface area contributed by atoms with E-state index in [1.807, 2.05) is 30.5 Å². The van der Waals surface area contributed by atoms with E-state index >= 15 is 0 Å². The molecule has 0 saturated carbocycles. The number of amides is 2. The first kappa shape index (κ1) is 9.26. The largest absolute Gasteiger partial charge is 0.361 e. The van der Waals surface area contributed by atoms with Crippen molar-refractivity contribution >= 4 is 23.1 Å². The summed E-state index contributed by atoms with van der Waals surface area (Å²) in [5.74, 6) is 0. The van der Waals surface area contributed by atoms with Crippen molar-refractivity contribution in [3.8, 4) is 0 Å². The van der Waals surface area contributed by atoms with Gasteiger partial charge in [0.25, 0.3) is 0 Å². The Hall–Kier alpha value is -2.30. The topological polar surface area (TPSA) is 83.3 Å². The first-order valence-corrected chi connectivity index (χ1v) is 4.42. The molecule has 4 N–H and O–H groups in total. The quantitative estimate of drug-likeness (QED) is 0.495. The number of hydrazone groups is 1. The van der Waals surface area contributed by atoms with E-state index in [9.17, 15) is 4.79 Å². The van der Waals surface area contributed by atoms with Gasteiger partial charge in [-0.1, -0.05) is 18.2 Å². The van der Waals surface area contributed by atoms with Crippen molar-refractivity contribution in [3.05, 3.63) is 36.0 Å². The molecule has 0 atom stereocenters. The number of aromatic amines is 1. The predicted octanol–water partition coefficient (Wildman–Crippen LogP) is 1.17. The Morgan fingerprint density at radius 3 is 3.07 bits per heavy atom.